The summed E-state index contributed by atoms with van der Waals surface area (Å²) < 4.78 is 20.0. The molecule has 2 aromatic carbocycles. The molecule has 0 aliphatic carbocycles. The molecule has 1 saturated heterocycles. The third-order valence-electron chi connectivity index (χ3n) is 6.87. The molecule has 2 aliphatic heterocycles. The number of nitriles is 1. The Morgan fingerprint density at radius 3 is 2.82 bits per heavy atom. The number of nitrogens with zero attached hydrogens (tertiary/aromatic N) is 2. The smallest absolute Gasteiger partial charge is 0.338 e. The van der Waals surface area contributed by atoms with Crippen LogP contribution in [-0.4, -0.2) is 47.6 Å². The molecule has 4 rings (SSSR count). The van der Waals surface area contributed by atoms with Gasteiger partial charge in [-0.3, -0.25) is 9.69 Å². The predicted octanol–water partition coefficient (Wildman–Crippen LogP) is 3.81. The van der Waals surface area contributed by atoms with Crippen LogP contribution in [0.4, 0.5) is 4.39 Å². The Kier molecular flexibility index (Phi) is 6.59. The molecular formula is C26H27FN2O4. The van der Waals surface area contributed by atoms with Gasteiger partial charge in [-0.25, -0.2) is 9.18 Å². The molecule has 1 N–H and O–H groups in total. The molecule has 6 nitrogen and oxygen atoms in total. The summed E-state index contributed by atoms with van der Waals surface area (Å²) >= 11 is 0. The first-order valence-electron chi connectivity index (χ1n) is 11.2. The van der Waals surface area contributed by atoms with Gasteiger partial charge < -0.3 is 9.84 Å². The molecule has 2 aromatic rings. The van der Waals surface area contributed by atoms with E-state index in [1.165, 1.54) is 0 Å². The maximum atomic E-state index is 15.0. The summed E-state index contributed by atoms with van der Waals surface area (Å²) in [5, 5.41) is 19.8. The molecule has 7 heteroatoms. The lowest BCUT2D eigenvalue weighted by atomic mass is 9.87. The first kappa shape index (κ1) is 23.1. The van der Waals surface area contributed by atoms with Crippen molar-refractivity contribution in [2.75, 3.05) is 19.6 Å². The van der Waals surface area contributed by atoms with Crippen LogP contribution in [0, 0.1) is 31.1 Å². The summed E-state index contributed by atoms with van der Waals surface area (Å²) in [6, 6.07) is 10.4. The number of benzene rings is 2. The lowest BCUT2D eigenvalue weighted by Crippen LogP contribution is -2.44. The lowest BCUT2D eigenvalue weighted by molar-refractivity contribution is 0.0412. The summed E-state index contributed by atoms with van der Waals surface area (Å²) in [7, 11) is 0. The van der Waals surface area contributed by atoms with Crippen LogP contribution in [0.5, 0.6) is 0 Å². The van der Waals surface area contributed by atoms with Crippen LogP contribution in [-0.2, 0) is 11.3 Å². The number of aryl methyl sites for hydroxylation is 1. The Hall–Kier alpha value is -3.08. The number of ketones is 1. The minimum absolute atomic E-state index is 0.116. The Labute approximate surface area is 192 Å². The van der Waals surface area contributed by atoms with Gasteiger partial charge in [-0.1, -0.05) is 12.1 Å². The van der Waals surface area contributed by atoms with E-state index in [1.807, 2.05) is 11.8 Å². The molecule has 0 aromatic heterocycles. The van der Waals surface area contributed by atoms with Gasteiger partial charge in [0.05, 0.1) is 23.3 Å². The van der Waals surface area contributed by atoms with E-state index in [1.54, 1.807) is 37.3 Å². The minimum atomic E-state index is -1.17. The van der Waals surface area contributed by atoms with Gasteiger partial charge in [-0.2, -0.15) is 5.26 Å². The number of esters is 1. The van der Waals surface area contributed by atoms with Gasteiger partial charge in [-0.15, -0.1) is 0 Å². The summed E-state index contributed by atoms with van der Waals surface area (Å²) in [5.74, 6) is -0.830. The Balaban J connectivity index is 1.35. The third kappa shape index (κ3) is 4.68. The summed E-state index contributed by atoms with van der Waals surface area (Å²) in [6.07, 6.45) is -1.32. The van der Waals surface area contributed by atoms with Crippen molar-refractivity contribution in [3.63, 3.8) is 0 Å². The largest absolute Gasteiger partial charge is 0.457 e. The lowest BCUT2D eigenvalue weighted by Gasteiger charge is -2.35. The molecule has 0 saturated carbocycles. The van der Waals surface area contributed by atoms with Gasteiger partial charge in [0.2, 0.25) is 0 Å². The molecule has 0 radical (unpaired) electrons. The van der Waals surface area contributed by atoms with E-state index < -0.39 is 12.3 Å². The average Bonchev–Trinajstić information content (AvgIpc) is 3.17. The second kappa shape index (κ2) is 9.42. The van der Waals surface area contributed by atoms with E-state index in [0.29, 0.717) is 29.7 Å². The fourth-order valence-corrected chi connectivity index (χ4v) is 4.80. The molecule has 1 fully saturated rings. The number of carbonyl (C=O) groups is 2. The molecule has 0 bridgehead atoms. The van der Waals surface area contributed by atoms with Crippen LogP contribution < -0.4 is 0 Å². The number of piperidine rings is 1. The molecule has 2 aliphatic rings. The van der Waals surface area contributed by atoms with Gasteiger partial charge in [0.25, 0.3) is 0 Å². The van der Waals surface area contributed by atoms with Crippen molar-refractivity contribution in [1.29, 1.82) is 5.26 Å². The van der Waals surface area contributed by atoms with E-state index in [4.69, 9.17) is 10.00 Å². The highest BCUT2D eigenvalue weighted by atomic mass is 19.1. The number of carbonyl (C=O) groups excluding carboxylic acids is 2. The van der Waals surface area contributed by atoms with Crippen LogP contribution in [0.25, 0.3) is 0 Å². The molecule has 0 spiro atoms. The van der Waals surface area contributed by atoms with Gasteiger partial charge in [0.1, 0.15) is 12.8 Å². The number of likely N-dealkylation sites (tertiary alicyclic amines) is 1. The zero-order chi connectivity index (χ0) is 23.7. The fraction of sp³-hybridized carbons (Fsp3) is 0.423. The number of aliphatic hydroxyl groups is 1. The maximum Gasteiger partial charge on any atom is 0.338 e. The van der Waals surface area contributed by atoms with Gasteiger partial charge in [0.15, 0.2) is 5.78 Å². The van der Waals surface area contributed by atoms with E-state index in [-0.39, 0.29) is 43.8 Å². The second-order valence-electron chi connectivity index (χ2n) is 8.99. The van der Waals surface area contributed by atoms with E-state index in [2.05, 4.69) is 6.07 Å². The van der Waals surface area contributed by atoms with Crippen molar-refractivity contribution in [2.45, 2.75) is 45.6 Å². The topological polar surface area (TPSA) is 90.6 Å². The van der Waals surface area contributed by atoms with Crippen LogP contribution in [0.15, 0.2) is 30.3 Å². The summed E-state index contributed by atoms with van der Waals surface area (Å²) in [4.78, 5) is 26.3. The van der Waals surface area contributed by atoms with Crippen LogP contribution >= 0.6 is 0 Å². The molecule has 0 unspecified atom stereocenters. The number of aliphatic hydroxyl groups excluding tert-OH is 1. The fourth-order valence-electron chi connectivity index (χ4n) is 4.80. The number of ether oxygens (including phenoxy) is 1. The second-order valence-corrected chi connectivity index (χ2v) is 8.99. The van der Waals surface area contributed by atoms with Gasteiger partial charge in [-0.05, 0) is 67.6 Å². The average molecular weight is 451 g/mol. The quantitative estimate of drug-likeness (QED) is 0.532. The highest BCUT2D eigenvalue weighted by molar-refractivity contribution is 5.96. The predicted molar refractivity (Wildman–Crippen MR) is 120 cm³/mol. The first-order chi connectivity index (χ1) is 15.8. The normalized spacial score (nSPS) is 21.2. The van der Waals surface area contributed by atoms with Crippen molar-refractivity contribution in [2.24, 2.45) is 5.92 Å². The summed E-state index contributed by atoms with van der Waals surface area (Å²) in [6.45, 7) is 4.89. The Morgan fingerprint density at radius 2 is 2.12 bits per heavy atom. The van der Waals surface area contributed by atoms with Gasteiger partial charge in [0, 0.05) is 30.6 Å². The first-order valence-corrected chi connectivity index (χ1v) is 11.2. The van der Waals surface area contributed by atoms with Crippen LogP contribution in [0.1, 0.15) is 67.5 Å². The molecule has 33 heavy (non-hydrogen) atoms. The van der Waals surface area contributed by atoms with Crippen molar-refractivity contribution < 1.29 is 23.8 Å². The zero-order valence-electron chi connectivity index (χ0n) is 18.8. The molecule has 172 valence electrons. The molecule has 3 atom stereocenters. The number of fused-ring (bicyclic) bond motifs is 1. The number of alkyl halides is 1. The van der Waals surface area contributed by atoms with Crippen LogP contribution in [0.3, 0.4) is 0 Å². The van der Waals surface area contributed by atoms with Crippen molar-refractivity contribution >= 4 is 11.8 Å². The number of β-amino-alcohol motifs (C(OH)–C–C–N with tert-alkyl or cyclic N) is 1. The summed E-state index contributed by atoms with van der Waals surface area (Å²) in [5.41, 5.74) is 4.66. The number of hydrogen-bond donors (Lipinski definition) is 1. The number of hydrogen-bond acceptors (Lipinski definition) is 6. The number of Topliss-reactive ketones (excluding diaryl/α,β-unsaturated/α-hetero) is 1. The SMILES string of the molecule is Cc1cc(C(=O)C[C@H]2CCN(C[C@H](O)c3ccc4c(c3C)COC4=O)C[C@H]2F)ccc1C#N. The Bertz CT molecular complexity index is 1140. The molecular weight excluding hydrogens is 423 g/mol. The molecule has 0 amide bonds. The third-order valence-corrected chi connectivity index (χ3v) is 6.87. The van der Waals surface area contributed by atoms with Crippen LogP contribution in [0.2, 0.25) is 0 Å². The van der Waals surface area contributed by atoms with E-state index >= 15 is 0 Å². The van der Waals surface area contributed by atoms with Crippen molar-refractivity contribution in [3.8, 4) is 6.07 Å². The number of halogens is 1. The van der Waals surface area contributed by atoms with E-state index in [0.717, 1.165) is 22.3 Å². The van der Waals surface area contributed by atoms with Gasteiger partial charge >= 0.3 is 5.97 Å². The minimum Gasteiger partial charge on any atom is -0.457 e. The monoisotopic (exact) mass is 450 g/mol. The van der Waals surface area contributed by atoms with E-state index in [9.17, 15) is 19.1 Å². The standard InChI is InChI=1S/C26H27FN2O4/c1-15-9-18(3-4-19(15)11-28)24(30)10-17-7-8-29(12-23(17)27)13-25(31)20-5-6-21-22(16(20)2)14-33-26(21)32/h3-6,9,17,23,25,31H,7-8,10,12-14H2,1-2H3/t17-,23-,25+/m1/s1. The zero-order valence-corrected chi connectivity index (χ0v) is 18.8. The highest BCUT2D eigenvalue weighted by Gasteiger charge is 2.33. The van der Waals surface area contributed by atoms with Crippen molar-refractivity contribution in [1.82, 2.24) is 4.90 Å². The highest BCUT2D eigenvalue weighted by Crippen LogP contribution is 2.31. The number of rotatable bonds is 6. The number of cyclic esters (lactones) is 1. The Morgan fingerprint density at radius 1 is 1.33 bits per heavy atom. The molecule has 2 heterocycles. The van der Waals surface area contributed by atoms with Crippen molar-refractivity contribution in [3.05, 3.63) is 69.3 Å². The maximum absolute atomic E-state index is 15.0.